The van der Waals surface area contributed by atoms with Crippen molar-refractivity contribution in [3.63, 3.8) is 0 Å². The van der Waals surface area contributed by atoms with Gasteiger partial charge in [-0.25, -0.2) is 0 Å². The van der Waals surface area contributed by atoms with Gasteiger partial charge in [-0.05, 0) is 35.3 Å². The predicted octanol–water partition coefficient (Wildman–Crippen LogP) is 1.93. The zero-order chi connectivity index (χ0) is 13.1. The SMILES string of the molecule is CCc1nn(CC)c(Cn2ccc(CN)n2)c1Br. The van der Waals surface area contributed by atoms with E-state index in [0.717, 1.165) is 34.5 Å². The molecule has 6 heteroatoms. The van der Waals surface area contributed by atoms with Crippen LogP contribution in [0, 0.1) is 0 Å². The maximum absolute atomic E-state index is 5.57. The third kappa shape index (κ3) is 2.49. The molecular weight excluding hydrogens is 294 g/mol. The van der Waals surface area contributed by atoms with Crippen molar-refractivity contribution in [2.75, 3.05) is 0 Å². The molecule has 0 bridgehead atoms. The Labute approximate surface area is 115 Å². The normalized spacial score (nSPS) is 11.1. The third-order valence-electron chi connectivity index (χ3n) is 2.91. The molecule has 0 saturated carbocycles. The molecule has 0 radical (unpaired) electrons. The van der Waals surface area contributed by atoms with Gasteiger partial charge in [-0.15, -0.1) is 0 Å². The molecule has 2 aromatic heterocycles. The summed E-state index contributed by atoms with van der Waals surface area (Å²) >= 11 is 3.64. The summed E-state index contributed by atoms with van der Waals surface area (Å²) in [6, 6.07) is 1.95. The summed E-state index contributed by atoms with van der Waals surface area (Å²) in [5.41, 5.74) is 8.72. The number of nitrogens with two attached hydrogens (primary N) is 1. The number of hydrogen-bond donors (Lipinski definition) is 1. The van der Waals surface area contributed by atoms with Gasteiger partial charge in [0.25, 0.3) is 0 Å². The molecule has 0 atom stereocenters. The predicted molar refractivity (Wildman–Crippen MR) is 74.2 cm³/mol. The molecule has 0 spiro atoms. The zero-order valence-corrected chi connectivity index (χ0v) is 12.3. The van der Waals surface area contributed by atoms with Crippen LogP contribution in [-0.2, 0) is 26.1 Å². The summed E-state index contributed by atoms with van der Waals surface area (Å²) in [5, 5.41) is 8.98. The van der Waals surface area contributed by atoms with Crippen LogP contribution in [0.15, 0.2) is 16.7 Å². The van der Waals surface area contributed by atoms with E-state index in [2.05, 4.69) is 40.0 Å². The minimum Gasteiger partial charge on any atom is -0.325 e. The fraction of sp³-hybridized carbons (Fsp3) is 0.500. The molecule has 0 aliphatic heterocycles. The lowest BCUT2D eigenvalue weighted by molar-refractivity contribution is 0.569. The number of aromatic nitrogens is 4. The molecule has 5 nitrogen and oxygen atoms in total. The zero-order valence-electron chi connectivity index (χ0n) is 10.7. The maximum Gasteiger partial charge on any atom is 0.0839 e. The lowest BCUT2D eigenvalue weighted by Gasteiger charge is -2.05. The molecule has 0 fully saturated rings. The highest BCUT2D eigenvalue weighted by Gasteiger charge is 2.14. The van der Waals surface area contributed by atoms with Crippen molar-refractivity contribution in [2.45, 2.75) is 39.9 Å². The van der Waals surface area contributed by atoms with Crippen LogP contribution in [0.25, 0.3) is 0 Å². The van der Waals surface area contributed by atoms with Gasteiger partial charge in [0.1, 0.15) is 0 Å². The number of nitrogens with zero attached hydrogens (tertiary/aromatic N) is 4. The second kappa shape index (κ2) is 5.67. The van der Waals surface area contributed by atoms with Crippen molar-refractivity contribution >= 4 is 15.9 Å². The molecule has 18 heavy (non-hydrogen) atoms. The monoisotopic (exact) mass is 311 g/mol. The highest BCUT2D eigenvalue weighted by Crippen LogP contribution is 2.23. The van der Waals surface area contributed by atoms with Crippen molar-refractivity contribution in [3.8, 4) is 0 Å². The minimum atomic E-state index is 0.474. The molecule has 0 unspecified atom stereocenters. The average Bonchev–Trinajstić information content (AvgIpc) is 2.96. The van der Waals surface area contributed by atoms with E-state index in [4.69, 9.17) is 5.73 Å². The van der Waals surface area contributed by atoms with E-state index < -0.39 is 0 Å². The van der Waals surface area contributed by atoms with Crippen LogP contribution >= 0.6 is 15.9 Å². The van der Waals surface area contributed by atoms with Crippen molar-refractivity contribution in [3.05, 3.63) is 33.8 Å². The molecule has 0 saturated heterocycles. The third-order valence-corrected chi connectivity index (χ3v) is 3.83. The van der Waals surface area contributed by atoms with Crippen LogP contribution in [0.5, 0.6) is 0 Å². The molecule has 0 aliphatic carbocycles. The first-order chi connectivity index (χ1) is 8.69. The Morgan fingerprint density at radius 3 is 2.67 bits per heavy atom. The quantitative estimate of drug-likeness (QED) is 0.917. The Bertz CT molecular complexity index is 529. The van der Waals surface area contributed by atoms with Gasteiger partial charge in [0.2, 0.25) is 0 Å². The number of rotatable bonds is 5. The van der Waals surface area contributed by atoms with E-state index in [0.29, 0.717) is 13.1 Å². The van der Waals surface area contributed by atoms with Crippen molar-refractivity contribution in [2.24, 2.45) is 5.73 Å². The van der Waals surface area contributed by atoms with Gasteiger partial charge >= 0.3 is 0 Å². The van der Waals surface area contributed by atoms with Crippen molar-refractivity contribution in [1.82, 2.24) is 19.6 Å². The van der Waals surface area contributed by atoms with Gasteiger partial charge in [-0.1, -0.05) is 6.92 Å². The van der Waals surface area contributed by atoms with Crippen LogP contribution in [-0.4, -0.2) is 19.6 Å². The van der Waals surface area contributed by atoms with Gasteiger partial charge in [0.05, 0.1) is 28.1 Å². The summed E-state index contributed by atoms with van der Waals surface area (Å²) in [6.45, 7) is 6.25. The average molecular weight is 312 g/mol. The molecule has 2 rings (SSSR count). The highest BCUT2D eigenvalue weighted by atomic mass is 79.9. The molecule has 2 aromatic rings. The summed E-state index contributed by atoms with van der Waals surface area (Å²) in [4.78, 5) is 0. The van der Waals surface area contributed by atoms with Crippen LogP contribution in [0.3, 0.4) is 0 Å². The fourth-order valence-corrected chi connectivity index (χ4v) is 2.61. The first kappa shape index (κ1) is 13.3. The summed E-state index contributed by atoms with van der Waals surface area (Å²) in [6.07, 6.45) is 2.88. The van der Waals surface area contributed by atoms with Gasteiger partial charge in [-0.3, -0.25) is 9.36 Å². The largest absolute Gasteiger partial charge is 0.325 e. The van der Waals surface area contributed by atoms with Crippen LogP contribution in [0.2, 0.25) is 0 Å². The first-order valence-corrected chi connectivity index (χ1v) is 6.95. The second-order valence-electron chi connectivity index (χ2n) is 4.09. The van der Waals surface area contributed by atoms with Gasteiger partial charge in [-0.2, -0.15) is 10.2 Å². The highest BCUT2D eigenvalue weighted by molar-refractivity contribution is 9.10. The van der Waals surface area contributed by atoms with E-state index >= 15 is 0 Å². The Balaban J connectivity index is 2.29. The summed E-state index contributed by atoms with van der Waals surface area (Å²) in [7, 11) is 0. The fourth-order valence-electron chi connectivity index (χ4n) is 1.92. The second-order valence-corrected chi connectivity index (χ2v) is 4.88. The van der Waals surface area contributed by atoms with E-state index in [-0.39, 0.29) is 0 Å². The number of aryl methyl sites for hydroxylation is 2. The number of hydrogen-bond acceptors (Lipinski definition) is 3. The lowest BCUT2D eigenvalue weighted by Crippen LogP contribution is -2.09. The lowest BCUT2D eigenvalue weighted by atomic mass is 10.3. The Morgan fingerprint density at radius 2 is 2.11 bits per heavy atom. The molecule has 98 valence electrons. The van der Waals surface area contributed by atoms with Gasteiger partial charge in [0.15, 0.2) is 0 Å². The Morgan fingerprint density at radius 1 is 1.33 bits per heavy atom. The molecule has 0 amide bonds. The molecule has 2 heterocycles. The van der Waals surface area contributed by atoms with Crippen LogP contribution in [0.4, 0.5) is 0 Å². The standard InChI is InChI=1S/C12H18BrN5/c1-3-10-12(13)11(18(4-2)16-10)8-17-6-5-9(7-14)15-17/h5-6H,3-4,7-8,14H2,1-2H3. The minimum absolute atomic E-state index is 0.474. The summed E-state index contributed by atoms with van der Waals surface area (Å²) < 4.78 is 5.01. The number of halogens is 1. The Kier molecular flexibility index (Phi) is 4.19. The van der Waals surface area contributed by atoms with Crippen LogP contribution in [0.1, 0.15) is 30.9 Å². The van der Waals surface area contributed by atoms with Crippen molar-refractivity contribution < 1.29 is 0 Å². The maximum atomic E-state index is 5.57. The van der Waals surface area contributed by atoms with Crippen LogP contribution < -0.4 is 5.73 Å². The van der Waals surface area contributed by atoms with E-state index in [1.165, 1.54) is 0 Å². The van der Waals surface area contributed by atoms with Gasteiger partial charge in [0, 0.05) is 19.3 Å². The first-order valence-electron chi connectivity index (χ1n) is 6.16. The molecular formula is C12H18BrN5. The van der Waals surface area contributed by atoms with Gasteiger partial charge < -0.3 is 5.73 Å². The topological polar surface area (TPSA) is 61.7 Å². The molecule has 0 aromatic carbocycles. The van der Waals surface area contributed by atoms with E-state index in [1.54, 1.807) is 0 Å². The molecule has 2 N–H and O–H groups in total. The molecule has 0 aliphatic rings. The smallest absolute Gasteiger partial charge is 0.0839 e. The van der Waals surface area contributed by atoms with Crippen molar-refractivity contribution in [1.29, 1.82) is 0 Å². The summed E-state index contributed by atoms with van der Waals surface area (Å²) in [5.74, 6) is 0. The Hall–Kier alpha value is -1.14. The van der Waals surface area contributed by atoms with E-state index in [1.807, 2.05) is 21.6 Å². The van der Waals surface area contributed by atoms with E-state index in [9.17, 15) is 0 Å².